The molecule has 1 aliphatic heterocycles. The van der Waals surface area contributed by atoms with Crippen molar-refractivity contribution >= 4 is 52.3 Å². The normalized spacial score (nSPS) is 15.8. The van der Waals surface area contributed by atoms with Gasteiger partial charge in [0.1, 0.15) is 12.1 Å². The number of hydrogen-bond donors (Lipinski definition) is 5. The van der Waals surface area contributed by atoms with Crippen molar-refractivity contribution in [1.29, 1.82) is 0 Å². The Morgan fingerprint density at radius 2 is 1.55 bits per heavy atom. The van der Waals surface area contributed by atoms with Crippen LogP contribution in [0.15, 0.2) is 54.3 Å². The summed E-state index contributed by atoms with van der Waals surface area (Å²) in [5, 5.41) is 22.1. The van der Waals surface area contributed by atoms with Crippen LogP contribution in [-0.2, 0) is 46.0 Å². The molecule has 0 saturated carbocycles. The van der Waals surface area contributed by atoms with Crippen molar-refractivity contribution in [3.05, 3.63) is 59.8 Å². The van der Waals surface area contributed by atoms with E-state index in [1.54, 1.807) is 20.2 Å². The molecule has 0 saturated heterocycles. The molecule has 4 atom stereocenters. The first-order valence-electron chi connectivity index (χ1n) is 18.8. The number of carbonyl (C=O) groups is 7. The van der Waals surface area contributed by atoms with Crippen LogP contribution in [0, 0.1) is 11.3 Å². The minimum atomic E-state index is -1.39. The number of aliphatic carboxylic acids is 1. The standard InChI is InChI=1S/C41H59N7O8/c1-24(2)30(22-25(3)36(52)44-28(39(55)56)16-17-31(49)43-20-21-48-32(50)18-19-33(48)51)47(11)38(54)35(40(4,5)6)45-37(53)34(42-9)41(7,8)27-23-46(10)29-15-13-12-14-26(27)29/h12-15,18-19,22-24,28,30,34-35,42H,16-17,20-21H2,1-11H3,(H,43,49)(H,44,52)(H,45,53)(H,55,56)/b25-22+/t28-,30-,34-,35?/m1/s1. The van der Waals surface area contributed by atoms with E-state index in [0.29, 0.717) is 0 Å². The van der Waals surface area contributed by atoms with Gasteiger partial charge >= 0.3 is 5.97 Å². The Labute approximate surface area is 329 Å². The molecule has 3 rings (SSSR count). The number of nitrogens with one attached hydrogen (secondary N) is 4. The molecule has 1 unspecified atom stereocenters. The molecule has 0 aliphatic carbocycles. The fourth-order valence-electron chi connectivity index (χ4n) is 6.99. The molecule has 15 nitrogen and oxygen atoms in total. The Morgan fingerprint density at radius 3 is 2.11 bits per heavy atom. The Kier molecular flexibility index (Phi) is 14.9. The van der Waals surface area contributed by atoms with Crippen LogP contribution in [0.2, 0.25) is 0 Å². The summed E-state index contributed by atoms with van der Waals surface area (Å²) in [6.45, 7) is 14.8. The first-order chi connectivity index (χ1) is 26.0. The molecular weight excluding hydrogens is 718 g/mol. The summed E-state index contributed by atoms with van der Waals surface area (Å²) in [6, 6.07) is 4.33. The van der Waals surface area contributed by atoms with E-state index in [-0.39, 0.29) is 49.2 Å². The number of para-hydroxylation sites is 1. The van der Waals surface area contributed by atoms with Gasteiger partial charge in [-0.05, 0) is 43.4 Å². The highest BCUT2D eigenvalue weighted by atomic mass is 16.4. The molecule has 5 N–H and O–H groups in total. The van der Waals surface area contributed by atoms with Gasteiger partial charge in [-0.1, -0.05) is 72.7 Å². The number of imide groups is 1. The van der Waals surface area contributed by atoms with E-state index in [1.807, 2.05) is 90.5 Å². The molecule has 1 aliphatic rings. The number of carbonyl (C=O) groups excluding carboxylic acids is 6. The van der Waals surface area contributed by atoms with Crippen LogP contribution in [-0.4, -0.2) is 112 Å². The van der Waals surface area contributed by atoms with E-state index in [2.05, 4.69) is 21.3 Å². The van der Waals surface area contributed by atoms with Gasteiger partial charge in [0.25, 0.3) is 11.8 Å². The maximum absolute atomic E-state index is 14.3. The van der Waals surface area contributed by atoms with E-state index < -0.39 is 64.6 Å². The van der Waals surface area contributed by atoms with Crippen LogP contribution < -0.4 is 21.3 Å². The van der Waals surface area contributed by atoms with Crippen molar-refractivity contribution < 1.29 is 38.7 Å². The van der Waals surface area contributed by atoms with Gasteiger partial charge in [-0.2, -0.15) is 0 Å². The monoisotopic (exact) mass is 777 g/mol. The largest absolute Gasteiger partial charge is 0.480 e. The Balaban J connectivity index is 1.72. The molecule has 0 radical (unpaired) electrons. The third-order valence-electron chi connectivity index (χ3n) is 10.3. The molecule has 0 bridgehead atoms. The van der Waals surface area contributed by atoms with E-state index >= 15 is 0 Å². The second-order valence-electron chi connectivity index (χ2n) is 16.4. The Hall–Kier alpha value is -5.31. The number of rotatable bonds is 18. The van der Waals surface area contributed by atoms with Gasteiger partial charge in [-0.15, -0.1) is 0 Å². The predicted molar refractivity (Wildman–Crippen MR) is 213 cm³/mol. The third-order valence-corrected chi connectivity index (χ3v) is 10.3. The van der Waals surface area contributed by atoms with E-state index in [4.69, 9.17) is 0 Å². The summed E-state index contributed by atoms with van der Waals surface area (Å²) < 4.78 is 2.03. The van der Waals surface area contributed by atoms with Crippen molar-refractivity contribution in [2.45, 2.75) is 97.8 Å². The summed E-state index contributed by atoms with van der Waals surface area (Å²) >= 11 is 0. The van der Waals surface area contributed by atoms with Crippen LogP contribution in [0.4, 0.5) is 0 Å². The lowest BCUT2D eigenvalue weighted by Crippen LogP contribution is -2.61. The molecule has 15 heteroatoms. The molecule has 1 aromatic carbocycles. The van der Waals surface area contributed by atoms with Crippen LogP contribution in [0.1, 0.15) is 73.8 Å². The number of fused-ring (bicyclic) bond motifs is 1. The number of amides is 6. The van der Waals surface area contributed by atoms with Gasteiger partial charge in [0, 0.05) is 73.8 Å². The second kappa shape index (κ2) is 18.5. The highest BCUT2D eigenvalue weighted by Gasteiger charge is 2.42. The summed E-state index contributed by atoms with van der Waals surface area (Å²) in [7, 11) is 5.29. The molecule has 0 fully saturated rings. The van der Waals surface area contributed by atoms with Crippen LogP contribution >= 0.6 is 0 Å². The topological polar surface area (TPSA) is 199 Å². The highest BCUT2D eigenvalue weighted by molar-refractivity contribution is 6.12. The number of carboxylic acids is 1. The fraction of sp³-hybridized carbons (Fsp3) is 0.537. The first kappa shape index (κ1) is 45.1. The molecule has 0 spiro atoms. The number of aromatic nitrogens is 1. The molecule has 2 heterocycles. The Morgan fingerprint density at radius 1 is 0.946 bits per heavy atom. The van der Waals surface area contributed by atoms with E-state index in [0.717, 1.165) is 33.5 Å². The average molecular weight is 778 g/mol. The number of hydrogen-bond acceptors (Lipinski definition) is 8. The second-order valence-corrected chi connectivity index (χ2v) is 16.4. The maximum Gasteiger partial charge on any atom is 0.326 e. The summed E-state index contributed by atoms with van der Waals surface area (Å²) in [5.41, 5.74) is 0.793. The predicted octanol–water partition coefficient (Wildman–Crippen LogP) is 2.39. The number of carboxylic acid groups (broad SMARTS) is 1. The molecule has 2 aromatic rings. The van der Waals surface area contributed by atoms with Gasteiger partial charge in [-0.25, -0.2) is 4.79 Å². The fourth-order valence-corrected chi connectivity index (χ4v) is 6.99. The zero-order valence-electron chi connectivity index (χ0n) is 34.5. The van der Waals surface area contributed by atoms with Crippen molar-refractivity contribution in [1.82, 2.24) is 35.6 Å². The van der Waals surface area contributed by atoms with Crippen LogP contribution in [0.5, 0.6) is 0 Å². The lowest BCUT2D eigenvalue weighted by molar-refractivity contribution is -0.142. The van der Waals surface area contributed by atoms with Crippen molar-refractivity contribution in [2.75, 3.05) is 27.2 Å². The van der Waals surface area contributed by atoms with E-state index in [9.17, 15) is 38.7 Å². The Bertz CT molecular complexity index is 1870. The quantitative estimate of drug-likeness (QED) is 0.111. The average Bonchev–Trinajstić information content (AvgIpc) is 3.63. The SMILES string of the molecule is CN[C@H](C(=O)NC(C(=O)N(C)[C@H](/C=C(\C)C(=O)N[C@H](CCC(=O)NCCN1C(=O)C=CC1=O)C(=O)O)C(C)C)C(C)(C)C)C(C)(C)c1cn(C)c2ccccc12. The number of benzene rings is 1. The summed E-state index contributed by atoms with van der Waals surface area (Å²) in [5.74, 6) is -4.38. The zero-order valence-corrected chi connectivity index (χ0v) is 34.5. The molecule has 6 amide bonds. The third kappa shape index (κ3) is 10.7. The summed E-state index contributed by atoms with van der Waals surface area (Å²) in [6.07, 6.45) is 5.45. The maximum atomic E-state index is 14.3. The van der Waals surface area contributed by atoms with Gasteiger partial charge in [-0.3, -0.25) is 33.7 Å². The van der Waals surface area contributed by atoms with E-state index in [1.165, 1.54) is 11.8 Å². The number of aryl methyl sites for hydroxylation is 1. The smallest absolute Gasteiger partial charge is 0.326 e. The van der Waals surface area contributed by atoms with Crippen molar-refractivity contribution in [3.8, 4) is 0 Å². The summed E-state index contributed by atoms with van der Waals surface area (Å²) in [4.78, 5) is 92.0. The van der Waals surface area contributed by atoms with Crippen molar-refractivity contribution in [3.63, 3.8) is 0 Å². The molecule has 306 valence electrons. The number of nitrogens with zero attached hydrogens (tertiary/aromatic N) is 3. The van der Waals surface area contributed by atoms with Crippen LogP contribution in [0.25, 0.3) is 10.9 Å². The molecule has 1 aromatic heterocycles. The minimum Gasteiger partial charge on any atom is -0.480 e. The van der Waals surface area contributed by atoms with Gasteiger partial charge < -0.3 is 35.8 Å². The van der Waals surface area contributed by atoms with Crippen LogP contribution in [0.3, 0.4) is 0 Å². The van der Waals surface area contributed by atoms with Gasteiger partial charge in [0.2, 0.25) is 23.6 Å². The molecular formula is C41H59N7O8. The molecule has 56 heavy (non-hydrogen) atoms. The highest BCUT2D eigenvalue weighted by Crippen LogP contribution is 2.35. The van der Waals surface area contributed by atoms with Crippen molar-refractivity contribution in [2.24, 2.45) is 18.4 Å². The van der Waals surface area contributed by atoms with Gasteiger partial charge in [0.15, 0.2) is 0 Å². The first-order valence-corrected chi connectivity index (χ1v) is 18.8. The number of likely N-dealkylation sites (N-methyl/N-ethyl adjacent to an activating group) is 2. The van der Waals surface area contributed by atoms with Gasteiger partial charge in [0.05, 0.1) is 12.1 Å². The minimum absolute atomic E-state index is 0.00825. The lowest BCUT2D eigenvalue weighted by atomic mass is 9.76. The lowest BCUT2D eigenvalue weighted by Gasteiger charge is -2.39. The zero-order chi connectivity index (χ0) is 42.3.